The minimum atomic E-state index is -0.262. The summed E-state index contributed by atoms with van der Waals surface area (Å²) in [5.41, 5.74) is 3.36. The van der Waals surface area contributed by atoms with Crippen molar-refractivity contribution in [3.05, 3.63) is 65.4 Å². The SMILES string of the molecule is Cc1ccccc1NC(=O)NCc1nccnc1-c1cccs1. The fourth-order valence-electron chi connectivity index (χ4n) is 2.16. The van der Waals surface area contributed by atoms with E-state index in [-0.39, 0.29) is 6.03 Å². The summed E-state index contributed by atoms with van der Waals surface area (Å²) in [6.07, 6.45) is 3.29. The van der Waals surface area contributed by atoms with Gasteiger partial charge in [-0.25, -0.2) is 4.79 Å². The maximum atomic E-state index is 12.1. The highest BCUT2D eigenvalue weighted by molar-refractivity contribution is 7.13. The van der Waals surface area contributed by atoms with Gasteiger partial charge in [-0.05, 0) is 30.0 Å². The van der Waals surface area contributed by atoms with E-state index >= 15 is 0 Å². The Morgan fingerprint density at radius 1 is 1.13 bits per heavy atom. The molecule has 116 valence electrons. The van der Waals surface area contributed by atoms with Crippen LogP contribution in [-0.4, -0.2) is 16.0 Å². The number of benzene rings is 1. The summed E-state index contributed by atoms with van der Waals surface area (Å²) >= 11 is 1.60. The lowest BCUT2D eigenvalue weighted by molar-refractivity contribution is 0.251. The number of nitrogens with one attached hydrogen (secondary N) is 2. The van der Waals surface area contributed by atoms with Crippen LogP contribution in [0.15, 0.2) is 54.2 Å². The number of aromatic nitrogens is 2. The fourth-order valence-corrected chi connectivity index (χ4v) is 2.90. The molecule has 2 aromatic heterocycles. The minimum Gasteiger partial charge on any atom is -0.332 e. The average Bonchev–Trinajstić information content (AvgIpc) is 3.10. The molecule has 0 aliphatic heterocycles. The lowest BCUT2D eigenvalue weighted by Crippen LogP contribution is -2.29. The summed E-state index contributed by atoms with van der Waals surface area (Å²) < 4.78 is 0. The largest absolute Gasteiger partial charge is 0.332 e. The molecule has 0 spiro atoms. The highest BCUT2D eigenvalue weighted by Crippen LogP contribution is 2.24. The zero-order valence-electron chi connectivity index (χ0n) is 12.6. The molecular weight excluding hydrogens is 308 g/mol. The average molecular weight is 324 g/mol. The predicted molar refractivity (Wildman–Crippen MR) is 92.4 cm³/mol. The smallest absolute Gasteiger partial charge is 0.319 e. The van der Waals surface area contributed by atoms with E-state index in [1.165, 1.54) is 0 Å². The predicted octanol–water partition coefficient (Wildman–Crippen LogP) is 3.84. The Labute approximate surface area is 138 Å². The van der Waals surface area contributed by atoms with Crippen molar-refractivity contribution >= 4 is 23.1 Å². The van der Waals surface area contributed by atoms with Crippen LogP contribution in [0.3, 0.4) is 0 Å². The summed E-state index contributed by atoms with van der Waals surface area (Å²) in [7, 11) is 0. The molecule has 0 atom stereocenters. The van der Waals surface area contributed by atoms with Gasteiger partial charge in [-0.15, -0.1) is 11.3 Å². The normalized spacial score (nSPS) is 10.3. The van der Waals surface area contributed by atoms with Crippen molar-refractivity contribution < 1.29 is 4.79 Å². The Kier molecular flexibility index (Phi) is 4.63. The molecule has 0 aliphatic carbocycles. The molecule has 1 aromatic carbocycles. The number of carbonyl (C=O) groups excluding carboxylic acids is 1. The number of carbonyl (C=O) groups is 1. The topological polar surface area (TPSA) is 66.9 Å². The Bertz CT molecular complexity index is 802. The summed E-state index contributed by atoms with van der Waals surface area (Å²) in [6, 6.07) is 11.3. The monoisotopic (exact) mass is 324 g/mol. The lowest BCUT2D eigenvalue weighted by Gasteiger charge is -2.10. The van der Waals surface area contributed by atoms with E-state index in [1.807, 2.05) is 48.7 Å². The standard InChI is InChI=1S/C17H16N4OS/c1-12-5-2-3-6-13(12)21-17(22)20-11-14-16(19-9-8-18-14)15-7-4-10-23-15/h2-10H,11H2,1H3,(H2,20,21,22). The van der Waals surface area contributed by atoms with Gasteiger partial charge in [0.25, 0.3) is 0 Å². The van der Waals surface area contributed by atoms with Crippen LogP contribution < -0.4 is 10.6 Å². The van der Waals surface area contributed by atoms with Crippen LogP contribution >= 0.6 is 11.3 Å². The molecular formula is C17H16N4OS. The van der Waals surface area contributed by atoms with Gasteiger partial charge < -0.3 is 10.6 Å². The first-order valence-electron chi connectivity index (χ1n) is 7.18. The highest BCUT2D eigenvalue weighted by atomic mass is 32.1. The van der Waals surface area contributed by atoms with Crippen molar-refractivity contribution in [2.24, 2.45) is 0 Å². The number of anilines is 1. The van der Waals surface area contributed by atoms with Crippen molar-refractivity contribution in [3.8, 4) is 10.6 Å². The number of aryl methyl sites for hydroxylation is 1. The molecule has 0 radical (unpaired) electrons. The third kappa shape index (κ3) is 3.73. The fraction of sp³-hybridized carbons (Fsp3) is 0.118. The van der Waals surface area contributed by atoms with E-state index in [2.05, 4.69) is 20.6 Å². The van der Waals surface area contributed by atoms with E-state index in [0.717, 1.165) is 27.5 Å². The first kappa shape index (κ1) is 15.2. The van der Waals surface area contributed by atoms with Gasteiger partial charge in [-0.1, -0.05) is 24.3 Å². The van der Waals surface area contributed by atoms with Crippen molar-refractivity contribution in [3.63, 3.8) is 0 Å². The van der Waals surface area contributed by atoms with Crippen molar-refractivity contribution in [2.75, 3.05) is 5.32 Å². The first-order valence-corrected chi connectivity index (χ1v) is 8.06. The van der Waals surface area contributed by atoms with Crippen LogP contribution in [-0.2, 0) is 6.54 Å². The molecule has 2 heterocycles. The van der Waals surface area contributed by atoms with Crippen LogP contribution in [0.1, 0.15) is 11.3 Å². The molecule has 2 amide bonds. The molecule has 0 saturated heterocycles. The number of hydrogen-bond donors (Lipinski definition) is 2. The van der Waals surface area contributed by atoms with Crippen LogP contribution in [0.4, 0.5) is 10.5 Å². The quantitative estimate of drug-likeness (QED) is 0.766. The second-order valence-corrected chi connectivity index (χ2v) is 5.90. The molecule has 0 saturated carbocycles. The van der Waals surface area contributed by atoms with Gasteiger partial charge in [-0.3, -0.25) is 9.97 Å². The van der Waals surface area contributed by atoms with Gasteiger partial charge in [-0.2, -0.15) is 0 Å². The van der Waals surface area contributed by atoms with Gasteiger partial charge in [0, 0.05) is 18.1 Å². The zero-order chi connectivity index (χ0) is 16.1. The van der Waals surface area contributed by atoms with Crippen LogP contribution in [0.25, 0.3) is 10.6 Å². The summed E-state index contributed by atoms with van der Waals surface area (Å²) in [5, 5.41) is 7.66. The van der Waals surface area contributed by atoms with Crippen molar-refractivity contribution in [2.45, 2.75) is 13.5 Å². The number of thiophene rings is 1. The molecule has 0 aliphatic rings. The van der Waals surface area contributed by atoms with Crippen LogP contribution in [0.2, 0.25) is 0 Å². The zero-order valence-corrected chi connectivity index (χ0v) is 13.4. The van der Waals surface area contributed by atoms with E-state index in [0.29, 0.717) is 6.54 Å². The van der Waals surface area contributed by atoms with Crippen molar-refractivity contribution in [1.82, 2.24) is 15.3 Å². The highest BCUT2D eigenvalue weighted by Gasteiger charge is 2.10. The van der Waals surface area contributed by atoms with E-state index in [1.54, 1.807) is 23.7 Å². The van der Waals surface area contributed by atoms with Gasteiger partial charge in [0.05, 0.1) is 17.1 Å². The van der Waals surface area contributed by atoms with Gasteiger partial charge >= 0.3 is 6.03 Å². The molecule has 5 nitrogen and oxygen atoms in total. The second-order valence-electron chi connectivity index (χ2n) is 4.95. The number of rotatable bonds is 4. The van der Waals surface area contributed by atoms with Gasteiger partial charge in [0.2, 0.25) is 0 Å². The van der Waals surface area contributed by atoms with Gasteiger partial charge in [0.1, 0.15) is 5.69 Å². The molecule has 6 heteroatoms. The Morgan fingerprint density at radius 3 is 2.74 bits per heavy atom. The van der Waals surface area contributed by atoms with E-state index < -0.39 is 0 Å². The van der Waals surface area contributed by atoms with E-state index in [9.17, 15) is 4.79 Å². The molecule has 0 fully saturated rings. The molecule has 3 aromatic rings. The Balaban J connectivity index is 1.67. The number of amides is 2. The lowest BCUT2D eigenvalue weighted by atomic mass is 10.2. The van der Waals surface area contributed by atoms with Crippen molar-refractivity contribution in [1.29, 1.82) is 0 Å². The summed E-state index contributed by atoms with van der Waals surface area (Å²) in [5.74, 6) is 0. The molecule has 23 heavy (non-hydrogen) atoms. The number of hydrogen-bond acceptors (Lipinski definition) is 4. The molecule has 3 rings (SSSR count). The maximum Gasteiger partial charge on any atom is 0.319 e. The Hall–Kier alpha value is -2.73. The minimum absolute atomic E-state index is 0.262. The summed E-state index contributed by atoms with van der Waals surface area (Å²) in [4.78, 5) is 21.8. The van der Waals surface area contributed by atoms with Gasteiger partial charge in [0.15, 0.2) is 0 Å². The Morgan fingerprint density at radius 2 is 1.96 bits per heavy atom. The third-order valence-electron chi connectivity index (χ3n) is 3.34. The second kappa shape index (κ2) is 7.02. The van der Waals surface area contributed by atoms with Crippen LogP contribution in [0.5, 0.6) is 0 Å². The molecule has 2 N–H and O–H groups in total. The maximum absolute atomic E-state index is 12.1. The number of nitrogens with zero attached hydrogens (tertiary/aromatic N) is 2. The number of urea groups is 1. The molecule has 0 bridgehead atoms. The number of para-hydroxylation sites is 1. The van der Waals surface area contributed by atoms with E-state index in [4.69, 9.17) is 0 Å². The third-order valence-corrected chi connectivity index (χ3v) is 4.21. The summed E-state index contributed by atoms with van der Waals surface area (Å²) in [6.45, 7) is 2.27. The first-order chi connectivity index (χ1) is 11.2. The molecule has 0 unspecified atom stereocenters. The van der Waals surface area contributed by atoms with Crippen LogP contribution in [0, 0.1) is 6.92 Å².